The van der Waals surface area contributed by atoms with Gasteiger partial charge in [0.25, 0.3) is 5.91 Å². The highest BCUT2D eigenvalue weighted by Crippen LogP contribution is 2.27. The predicted molar refractivity (Wildman–Crippen MR) is 104 cm³/mol. The number of hydrogen-bond donors (Lipinski definition) is 1. The molecule has 5 heteroatoms. The molecule has 0 fully saturated rings. The van der Waals surface area contributed by atoms with Crippen LogP contribution in [0.15, 0.2) is 71.3 Å². The Hall–Kier alpha value is -3.11. The van der Waals surface area contributed by atoms with Crippen LogP contribution in [0.4, 0.5) is 5.69 Å². The van der Waals surface area contributed by atoms with Crippen LogP contribution in [0.25, 0.3) is 22.4 Å². The molecule has 4 nitrogen and oxygen atoms in total. The zero-order chi connectivity index (χ0) is 18.1. The topological polar surface area (TPSA) is 55.1 Å². The molecule has 0 saturated carbocycles. The number of anilines is 1. The first-order valence-electron chi connectivity index (χ1n) is 8.13. The molecule has 0 unspecified atom stereocenters. The van der Waals surface area contributed by atoms with Crippen molar-refractivity contribution in [1.82, 2.24) is 4.98 Å². The van der Waals surface area contributed by atoms with Gasteiger partial charge in [-0.05, 0) is 48.9 Å². The van der Waals surface area contributed by atoms with Crippen molar-refractivity contribution >= 4 is 34.1 Å². The summed E-state index contributed by atoms with van der Waals surface area (Å²) in [6, 6.07) is 18.3. The second kappa shape index (κ2) is 6.65. The van der Waals surface area contributed by atoms with Crippen LogP contribution in [0.3, 0.4) is 0 Å². The maximum Gasteiger partial charge on any atom is 0.256 e. The van der Waals surface area contributed by atoms with Gasteiger partial charge in [0.15, 0.2) is 5.76 Å². The molecule has 2 heterocycles. The molecule has 0 radical (unpaired) electrons. The van der Waals surface area contributed by atoms with E-state index in [9.17, 15) is 4.79 Å². The van der Waals surface area contributed by atoms with Crippen molar-refractivity contribution in [3.8, 4) is 11.5 Å². The minimum Gasteiger partial charge on any atom is -0.463 e. The monoisotopic (exact) mass is 362 g/mol. The maximum absolute atomic E-state index is 13.0. The van der Waals surface area contributed by atoms with Gasteiger partial charge in [0, 0.05) is 16.1 Å². The van der Waals surface area contributed by atoms with Gasteiger partial charge in [-0.1, -0.05) is 35.9 Å². The lowest BCUT2D eigenvalue weighted by atomic mass is 10.1. The normalized spacial score (nSPS) is 10.8. The molecule has 0 spiro atoms. The Labute approximate surface area is 155 Å². The number of para-hydroxylation sites is 1. The van der Waals surface area contributed by atoms with Crippen LogP contribution in [0.5, 0.6) is 0 Å². The Morgan fingerprint density at radius 1 is 1.08 bits per heavy atom. The fourth-order valence-electron chi connectivity index (χ4n) is 2.83. The lowest BCUT2D eigenvalue weighted by molar-refractivity contribution is 0.102. The van der Waals surface area contributed by atoms with Crippen molar-refractivity contribution in [2.45, 2.75) is 6.92 Å². The number of benzene rings is 2. The summed E-state index contributed by atoms with van der Waals surface area (Å²) in [6.07, 6.45) is 1.58. The van der Waals surface area contributed by atoms with Crippen molar-refractivity contribution in [2.75, 3.05) is 5.32 Å². The van der Waals surface area contributed by atoms with Gasteiger partial charge < -0.3 is 9.73 Å². The molecule has 26 heavy (non-hydrogen) atoms. The number of fused-ring (bicyclic) bond motifs is 1. The van der Waals surface area contributed by atoms with Crippen molar-refractivity contribution in [3.05, 3.63) is 83.1 Å². The summed E-state index contributed by atoms with van der Waals surface area (Å²) >= 11 is 6.06. The molecule has 2 aromatic carbocycles. The molecular weight excluding hydrogens is 348 g/mol. The predicted octanol–water partition coefficient (Wildman–Crippen LogP) is 5.71. The van der Waals surface area contributed by atoms with E-state index in [1.54, 1.807) is 30.5 Å². The number of hydrogen-bond acceptors (Lipinski definition) is 3. The molecule has 1 amide bonds. The fourth-order valence-corrected chi connectivity index (χ4v) is 3.00. The van der Waals surface area contributed by atoms with Crippen molar-refractivity contribution in [3.63, 3.8) is 0 Å². The minimum absolute atomic E-state index is 0.221. The Morgan fingerprint density at radius 3 is 2.73 bits per heavy atom. The van der Waals surface area contributed by atoms with Gasteiger partial charge in [0.05, 0.1) is 17.3 Å². The average Bonchev–Trinajstić information content (AvgIpc) is 3.18. The first-order chi connectivity index (χ1) is 12.6. The lowest BCUT2D eigenvalue weighted by Gasteiger charge is -2.11. The summed E-state index contributed by atoms with van der Waals surface area (Å²) < 4.78 is 5.44. The SMILES string of the molecule is Cc1ccc(Cl)cc1NC(=O)c1cc(-c2ccco2)nc2ccccc12. The Morgan fingerprint density at radius 2 is 1.92 bits per heavy atom. The number of aryl methyl sites for hydroxylation is 1. The number of amides is 1. The zero-order valence-corrected chi connectivity index (χ0v) is 14.7. The second-order valence-electron chi connectivity index (χ2n) is 5.96. The van der Waals surface area contributed by atoms with Crippen LogP contribution < -0.4 is 5.32 Å². The highest BCUT2D eigenvalue weighted by molar-refractivity contribution is 6.31. The third kappa shape index (κ3) is 3.07. The molecule has 0 bridgehead atoms. The highest BCUT2D eigenvalue weighted by Gasteiger charge is 2.16. The van der Waals surface area contributed by atoms with Crippen LogP contribution in [0, 0.1) is 6.92 Å². The van der Waals surface area contributed by atoms with Crippen LogP contribution >= 0.6 is 11.6 Å². The number of pyridine rings is 1. The third-order valence-corrected chi connectivity index (χ3v) is 4.42. The van der Waals surface area contributed by atoms with E-state index < -0.39 is 0 Å². The molecule has 0 aliphatic rings. The van der Waals surface area contributed by atoms with E-state index in [-0.39, 0.29) is 5.91 Å². The molecule has 4 rings (SSSR count). The van der Waals surface area contributed by atoms with E-state index in [1.807, 2.05) is 43.3 Å². The maximum atomic E-state index is 13.0. The summed E-state index contributed by atoms with van der Waals surface area (Å²) in [7, 11) is 0. The van der Waals surface area contributed by atoms with E-state index in [0.717, 1.165) is 16.5 Å². The number of rotatable bonds is 3. The van der Waals surface area contributed by atoms with Crippen LogP contribution in [-0.4, -0.2) is 10.9 Å². The summed E-state index contributed by atoms with van der Waals surface area (Å²) in [5.41, 5.74) is 3.49. The molecule has 1 N–H and O–H groups in total. The van der Waals surface area contributed by atoms with Crippen molar-refractivity contribution in [2.24, 2.45) is 0 Å². The fraction of sp³-hybridized carbons (Fsp3) is 0.0476. The Balaban J connectivity index is 1.81. The molecule has 4 aromatic rings. The minimum atomic E-state index is -0.221. The summed E-state index contributed by atoms with van der Waals surface area (Å²) in [6.45, 7) is 1.92. The number of furan rings is 1. The van der Waals surface area contributed by atoms with Gasteiger partial charge in [0.1, 0.15) is 5.69 Å². The Bertz CT molecular complexity index is 1100. The van der Waals surface area contributed by atoms with E-state index in [1.165, 1.54) is 0 Å². The van der Waals surface area contributed by atoms with Crippen LogP contribution in [-0.2, 0) is 0 Å². The molecule has 0 atom stereocenters. The standard InChI is InChI=1S/C21H15ClN2O2/c1-13-8-9-14(22)11-18(13)24-21(25)16-12-19(20-7-4-10-26-20)23-17-6-3-2-5-15(16)17/h2-12H,1H3,(H,24,25). The van der Waals surface area contributed by atoms with E-state index in [0.29, 0.717) is 27.7 Å². The highest BCUT2D eigenvalue weighted by atomic mass is 35.5. The first kappa shape index (κ1) is 16.4. The number of halogens is 1. The van der Waals surface area contributed by atoms with Crippen molar-refractivity contribution in [1.29, 1.82) is 0 Å². The second-order valence-corrected chi connectivity index (χ2v) is 6.40. The zero-order valence-electron chi connectivity index (χ0n) is 14.0. The molecule has 0 saturated heterocycles. The number of carbonyl (C=O) groups excluding carboxylic acids is 1. The van der Waals surface area contributed by atoms with Crippen LogP contribution in [0.2, 0.25) is 5.02 Å². The molecule has 128 valence electrons. The van der Waals surface area contributed by atoms with Gasteiger partial charge >= 0.3 is 0 Å². The number of carbonyl (C=O) groups is 1. The van der Waals surface area contributed by atoms with Gasteiger partial charge in [-0.2, -0.15) is 0 Å². The number of nitrogens with zero attached hydrogens (tertiary/aromatic N) is 1. The lowest BCUT2D eigenvalue weighted by Crippen LogP contribution is -2.14. The number of aromatic nitrogens is 1. The third-order valence-electron chi connectivity index (χ3n) is 4.18. The van der Waals surface area contributed by atoms with Gasteiger partial charge in [-0.3, -0.25) is 4.79 Å². The van der Waals surface area contributed by atoms with Gasteiger partial charge in [-0.25, -0.2) is 4.98 Å². The summed E-state index contributed by atoms with van der Waals surface area (Å²) in [4.78, 5) is 17.6. The van der Waals surface area contributed by atoms with Crippen LogP contribution in [0.1, 0.15) is 15.9 Å². The van der Waals surface area contributed by atoms with Crippen molar-refractivity contribution < 1.29 is 9.21 Å². The Kier molecular flexibility index (Phi) is 4.19. The van der Waals surface area contributed by atoms with E-state index in [2.05, 4.69) is 10.3 Å². The van der Waals surface area contributed by atoms with Gasteiger partial charge in [0.2, 0.25) is 0 Å². The van der Waals surface area contributed by atoms with Gasteiger partial charge in [-0.15, -0.1) is 0 Å². The molecule has 0 aliphatic heterocycles. The molecular formula is C21H15ClN2O2. The van der Waals surface area contributed by atoms with E-state index in [4.69, 9.17) is 16.0 Å². The molecule has 2 aromatic heterocycles. The largest absolute Gasteiger partial charge is 0.463 e. The molecule has 0 aliphatic carbocycles. The first-order valence-corrected chi connectivity index (χ1v) is 8.51. The smallest absolute Gasteiger partial charge is 0.256 e. The van der Waals surface area contributed by atoms with E-state index >= 15 is 0 Å². The quantitative estimate of drug-likeness (QED) is 0.508. The summed E-state index contributed by atoms with van der Waals surface area (Å²) in [5.74, 6) is 0.394. The average molecular weight is 363 g/mol. The summed E-state index contributed by atoms with van der Waals surface area (Å²) in [5, 5.41) is 4.30. The number of nitrogens with one attached hydrogen (secondary N) is 1.